The fourth-order valence-corrected chi connectivity index (χ4v) is 5.67. The summed E-state index contributed by atoms with van der Waals surface area (Å²) < 4.78 is 37.6. The van der Waals surface area contributed by atoms with Gasteiger partial charge in [0.1, 0.15) is 18.5 Å². The molecular formula is C19H26BrNO5S. The molecule has 2 aliphatic rings. The minimum absolute atomic E-state index is 0.143. The first-order valence-corrected chi connectivity index (χ1v) is 11.9. The molecule has 8 heteroatoms. The SMILES string of the molecule is CC[C@@H]1CCCCN1C(=O)[C@@H](C)S(=O)(=O)Cc1cc2c(cc1Br)OCCO2. The van der Waals surface area contributed by atoms with Crippen LogP contribution in [0.3, 0.4) is 0 Å². The first-order valence-electron chi connectivity index (χ1n) is 9.43. The van der Waals surface area contributed by atoms with Crippen molar-refractivity contribution >= 4 is 31.7 Å². The zero-order chi connectivity index (χ0) is 19.6. The van der Waals surface area contributed by atoms with E-state index in [0.717, 1.165) is 25.7 Å². The van der Waals surface area contributed by atoms with E-state index in [9.17, 15) is 13.2 Å². The highest BCUT2D eigenvalue weighted by Gasteiger charge is 2.35. The zero-order valence-electron chi connectivity index (χ0n) is 15.7. The number of carbonyl (C=O) groups is 1. The standard InChI is InChI=1S/C19H26BrNO5S/c1-3-15-6-4-5-7-21(15)19(22)13(2)27(23,24)12-14-10-17-18(11-16(14)20)26-9-8-25-17/h10-11,13,15H,3-9,12H2,1-2H3/t13-,15-/m1/s1. The van der Waals surface area contributed by atoms with Crippen LogP contribution in [0.2, 0.25) is 0 Å². The lowest BCUT2D eigenvalue weighted by Gasteiger charge is -2.36. The van der Waals surface area contributed by atoms with Gasteiger partial charge in [-0.1, -0.05) is 22.9 Å². The molecule has 0 N–H and O–H groups in total. The summed E-state index contributed by atoms with van der Waals surface area (Å²) in [7, 11) is -3.66. The number of carbonyl (C=O) groups excluding carboxylic acids is 1. The Balaban J connectivity index is 1.78. The van der Waals surface area contributed by atoms with Gasteiger partial charge in [0.2, 0.25) is 5.91 Å². The number of hydrogen-bond donors (Lipinski definition) is 0. The molecule has 1 amide bonds. The van der Waals surface area contributed by atoms with E-state index < -0.39 is 15.1 Å². The summed E-state index contributed by atoms with van der Waals surface area (Å²) in [6.45, 7) is 5.09. The summed E-state index contributed by atoms with van der Waals surface area (Å²) in [5.74, 6) is 0.630. The predicted molar refractivity (Wildman–Crippen MR) is 107 cm³/mol. The van der Waals surface area contributed by atoms with Crippen molar-refractivity contribution in [1.82, 2.24) is 4.90 Å². The van der Waals surface area contributed by atoms with Gasteiger partial charge in [0, 0.05) is 17.1 Å². The second-order valence-corrected chi connectivity index (χ2v) is 10.3. The highest BCUT2D eigenvalue weighted by atomic mass is 79.9. The quantitative estimate of drug-likeness (QED) is 0.674. The van der Waals surface area contributed by atoms with E-state index in [4.69, 9.17) is 9.47 Å². The van der Waals surface area contributed by atoms with Gasteiger partial charge in [-0.15, -0.1) is 0 Å². The number of nitrogens with zero attached hydrogens (tertiary/aromatic N) is 1. The second kappa shape index (κ2) is 8.39. The van der Waals surface area contributed by atoms with Gasteiger partial charge >= 0.3 is 0 Å². The van der Waals surface area contributed by atoms with Crippen molar-refractivity contribution in [2.75, 3.05) is 19.8 Å². The largest absolute Gasteiger partial charge is 0.486 e. The highest BCUT2D eigenvalue weighted by molar-refractivity contribution is 9.10. The lowest BCUT2D eigenvalue weighted by molar-refractivity contribution is -0.134. The zero-order valence-corrected chi connectivity index (χ0v) is 18.1. The maximum Gasteiger partial charge on any atom is 0.240 e. The molecule has 2 atom stereocenters. The average molecular weight is 460 g/mol. The molecule has 27 heavy (non-hydrogen) atoms. The number of amides is 1. The summed E-state index contributed by atoms with van der Waals surface area (Å²) in [6.07, 6.45) is 3.82. The average Bonchev–Trinajstić information content (AvgIpc) is 2.67. The van der Waals surface area contributed by atoms with Crippen LogP contribution >= 0.6 is 15.9 Å². The monoisotopic (exact) mass is 459 g/mol. The summed E-state index contributed by atoms with van der Waals surface area (Å²) in [5.41, 5.74) is 0.574. The van der Waals surface area contributed by atoms with Crippen LogP contribution in [0.25, 0.3) is 0 Å². The molecular weight excluding hydrogens is 434 g/mol. The Hall–Kier alpha value is -1.28. The number of sulfone groups is 1. The van der Waals surface area contributed by atoms with Crippen molar-refractivity contribution in [3.05, 3.63) is 22.2 Å². The van der Waals surface area contributed by atoms with Gasteiger partial charge in [-0.25, -0.2) is 8.42 Å². The maximum absolute atomic E-state index is 13.0. The molecule has 0 saturated carbocycles. The van der Waals surface area contributed by atoms with E-state index in [0.29, 0.717) is 41.3 Å². The third-order valence-electron chi connectivity index (χ3n) is 5.34. The Morgan fingerprint density at radius 1 is 1.26 bits per heavy atom. The molecule has 6 nitrogen and oxygen atoms in total. The van der Waals surface area contributed by atoms with E-state index in [2.05, 4.69) is 15.9 Å². The number of hydrogen-bond acceptors (Lipinski definition) is 5. The Morgan fingerprint density at radius 2 is 1.93 bits per heavy atom. The fourth-order valence-electron chi connectivity index (χ4n) is 3.66. The molecule has 0 bridgehead atoms. The molecule has 0 spiro atoms. The molecule has 1 fully saturated rings. The fraction of sp³-hybridized carbons (Fsp3) is 0.632. The van der Waals surface area contributed by atoms with Crippen molar-refractivity contribution in [2.45, 2.75) is 56.6 Å². The van der Waals surface area contributed by atoms with Crippen molar-refractivity contribution < 1.29 is 22.7 Å². The van der Waals surface area contributed by atoms with Crippen LogP contribution in [-0.2, 0) is 20.4 Å². The van der Waals surface area contributed by atoms with Gasteiger partial charge in [-0.05, 0) is 50.3 Å². The van der Waals surface area contributed by atoms with Crippen molar-refractivity contribution in [1.29, 1.82) is 0 Å². The number of rotatable bonds is 5. The number of halogens is 1. The van der Waals surface area contributed by atoms with E-state index in [1.54, 1.807) is 17.0 Å². The third-order valence-corrected chi connectivity index (χ3v) is 8.07. The first-order chi connectivity index (χ1) is 12.8. The van der Waals surface area contributed by atoms with Crippen LogP contribution < -0.4 is 9.47 Å². The van der Waals surface area contributed by atoms with Crippen LogP contribution in [0.4, 0.5) is 0 Å². The summed E-state index contributed by atoms with van der Waals surface area (Å²) >= 11 is 3.42. The molecule has 0 unspecified atom stereocenters. The van der Waals surface area contributed by atoms with E-state index in [1.165, 1.54) is 6.92 Å². The van der Waals surface area contributed by atoms with Crippen LogP contribution in [0, 0.1) is 0 Å². The van der Waals surface area contributed by atoms with Crippen molar-refractivity contribution in [3.63, 3.8) is 0 Å². The van der Waals surface area contributed by atoms with Crippen LogP contribution in [0.15, 0.2) is 16.6 Å². The number of benzene rings is 1. The molecule has 150 valence electrons. The topological polar surface area (TPSA) is 72.9 Å². The molecule has 0 aliphatic carbocycles. The molecule has 1 aromatic carbocycles. The molecule has 2 aliphatic heterocycles. The molecule has 1 aromatic rings. The Morgan fingerprint density at radius 3 is 2.59 bits per heavy atom. The van der Waals surface area contributed by atoms with Gasteiger partial charge in [0.25, 0.3) is 0 Å². The minimum atomic E-state index is -3.66. The maximum atomic E-state index is 13.0. The lowest BCUT2D eigenvalue weighted by Crippen LogP contribution is -2.49. The van der Waals surface area contributed by atoms with Gasteiger partial charge in [-0.2, -0.15) is 0 Å². The normalized spacial score (nSPS) is 21.0. The molecule has 1 saturated heterocycles. The second-order valence-electron chi connectivity index (χ2n) is 7.13. The number of piperidine rings is 1. The van der Waals surface area contributed by atoms with E-state index in [1.807, 2.05) is 6.92 Å². The van der Waals surface area contributed by atoms with Crippen LogP contribution in [0.1, 0.15) is 45.1 Å². The molecule has 3 rings (SSSR count). The lowest BCUT2D eigenvalue weighted by atomic mass is 10.00. The summed E-state index contributed by atoms with van der Waals surface area (Å²) in [4.78, 5) is 14.7. The molecule has 0 aromatic heterocycles. The smallest absolute Gasteiger partial charge is 0.240 e. The van der Waals surface area contributed by atoms with E-state index >= 15 is 0 Å². The number of ether oxygens (including phenoxy) is 2. The Labute approximate surface area is 169 Å². The number of fused-ring (bicyclic) bond motifs is 1. The van der Waals surface area contributed by atoms with Gasteiger partial charge in [-0.3, -0.25) is 4.79 Å². The van der Waals surface area contributed by atoms with Crippen LogP contribution in [0.5, 0.6) is 11.5 Å². The third kappa shape index (κ3) is 4.42. The predicted octanol–water partition coefficient (Wildman–Crippen LogP) is 3.31. The first kappa shape index (κ1) is 20.5. The Bertz CT molecular complexity index is 811. The van der Waals surface area contributed by atoms with Crippen molar-refractivity contribution in [3.8, 4) is 11.5 Å². The molecule has 2 heterocycles. The van der Waals surface area contributed by atoms with Crippen LogP contribution in [-0.4, -0.2) is 50.3 Å². The van der Waals surface area contributed by atoms with E-state index in [-0.39, 0.29) is 17.7 Å². The number of likely N-dealkylation sites (tertiary alicyclic amines) is 1. The Kier molecular flexibility index (Phi) is 6.35. The van der Waals surface area contributed by atoms with Gasteiger partial charge in [0.15, 0.2) is 21.3 Å². The van der Waals surface area contributed by atoms with Gasteiger partial charge < -0.3 is 14.4 Å². The van der Waals surface area contributed by atoms with Crippen molar-refractivity contribution in [2.24, 2.45) is 0 Å². The highest BCUT2D eigenvalue weighted by Crippen LogP contribution is 2.36. The summed E-state index contributed by atoms with van der Waals surface area (Å²) in [5, 5.41) is -1.07. The van der Waals surface area contributed by atoms with Gasteiger partial charge in [0.05, 0.1) is 5.75 Å². The minimum Gasteiger partial charge on any atom is -0.486 e. The molecule has 0 radical (unpaired) electrons. The summed E-state index contributed by atoms with van der Waals surface area (Å²) in [6, 6.07) is 3.55.